The number of hydrogen-bond donors (Lipinski definition) is 0. The van der Waals surface area contributed by atoms with E-state index in [-0.39, 0.29) is 0 Å². The van der Waals surface area contributed by atoms with E-state index >= 15 is 0 Å². The summed E-state index contributed by atoms with van der Waals surface area (Å²) in [5, 5.41) is 0. The Morgan fingerprint density at radius 1 is 1.33 bits per heavy atom. The Hall–Kier alpha value is -0.800. The van der Waals surface area contributed by atoms with Crippen molar-refractivity contribution < 1.29 is 9.47 Å². The second-order valence-electron chi connectivity index (χ2n) is 3.34. The van der Waals surface area contributed by atoms with Crippen molar-refractivity contribution in [3.63, 3.8) is 0 Å². The van der Waals surface area contributed by atoms with E-state index in [1.165, 1.54) is 0 Å². The van der Waals surface area contributed by atoms with E-state index in [1.807, 2.05) is 19.9 Å². The standard InChI is InChI=1S/C11H16ClNO2/c1-8-6-9(2)13-11(10(8)7-12)15-5-4-14-3/h6H,4-5,7H2,1-3H3. The molecule has 0 N–H and O–H groups in total. The monoisotopic (exact) mass is 229 g/mol. The van der Waals surface area contributed by atoms with Crippen LogP contribution in [0.3, 0.4) is 0 Å². The first-order chi connectivity index (χ1) is 7.19. The molecule has 4 heteroatoms. The quantitative estimate of drug-likeness (QED) is 0.574. The number of hydrogen-bond acceptors (Lipinski definition) is 3. The molecule has 0 aromatic carbocycles. The summed E-state index contributed by atoms with van der Waals surface area (Å²) in [7, 11) is 1.64. The first kappa shape index (κ1) is 12.3. The van der Waals surface area contributed by atoms with Gasteiger partial charge in [-0.1, -0.05) is 0 Å². The second kappa shape index (κ2) is 5.93. The highest BCUT2D eigenvalue weighted by Gasteiger charge is 2.08. The highest BCUT2D eigenvalue weighted by Crippen LogP contribution is 2.22. The summed E-state index contributed by atoms with van der Waals surface area (Å²) in [4.78, 5) is 4.31. The fourth-order valence-electron chi connectivity index (χ4n) is 1.33. The first-order valence-electron chi connectivity index (χ1n) is 4.84. The van der Waals surface area contributed by atoms with Crippen LogP contribution in [-0.2, 0) is 10.6 Å². The average molecular weight is 230 g/mol. The molecule has 0 aliphatic carbocycles. The van der Waals surface area contributed by atoms with E-state index in [0.717, 1.165) is 16.8 Å². The van der Waals surface area contributed by atoms with Gasteiger partial charge in [-0.15, -0.1) is 11.6 Å². The third-order valence-electron chi connectivity index (χ3n) is 2.10. The zero-order valence-electron chi connectivity index (χ0n) is 9.34. The molecular weight excluding hydrogens is 214 g/mol. The van der Waals surface area contributed by atoms with Gasteiger partial charge in [-0.25, -0.2) is 4.98 Å². The lowest BCUT2D eigenvalue weighted by Crippen LogP contribution is -2.08. The van der Waals surface area contributed by atoms with Crippen LogP contribution >= 0.6 is 11.6 Å². The maximum Gasteiger partial charge on any atom is 0.218 e. The van der Waals surface area contributed by atoms with Crippen molar-refractivity contribution in [1.29, 1.82) is 0 Å². The molecule has 3 nitrogen and oxygen atoms in total. The summed E-state index contributed by atoms with van der Waals surface area (Å²) in [6.07, 6.45) is 0. The average Bonchev–Trinajstić information content (AvgIpc) is 2.17. The van der Waals surface area contributed by atoms with Gasteiger partial charge in [-0.05, 0) is 25.5 Å². The summed E-state index contributed by atoms with van der Waals surface area (Å²) in [5.74, 6) is 1.04. The molecular formula is C11H16ClNO2. The van der Waals surface area contributed by atoms with Crippen LogP contribution in [0.2, 0.25) is 0 Å². The highest BCUT2D eigenvalue weighted by molar-refractivity contribution is 6.17. The number of aryl methyl sites for hydroxylation is 2. The van der Waals surface area contributed by atoms with Gasteiger partial charge in [0.1, 0.15) is 6.61 Å². The minimum absolute atomic E-state index is 0.418. The zero-order chi connectivity index (χ0) is 11.3. The Labute approximate surface area is 95.4 Å². The molecule has 0 saturated carbocycles. The molecule has 0 aliphatic rings. The van der Waals surface area contributed by atoms with E-state index in [1.54, 1.807) is 7.11 Å². The minimum atomic E-state index is 0.418. The van der Waals surface area contributed by atoms with E-state index in [4.69, 9.17) is 21.1 Å². The van der Waals surface area contributed by atoms with Gasteiger partial charge in [-0.3, -0.25) is 0 Å². The number of rotatable bonds is 5. The van der Waals surface area contributed by atoms with Crippen molar-refractivity contribution in [2.75, 3.05) is 20.3 Å². The molecule has 1 rings (SSSR count). The van der Waals surface area contributed by atoms with Gasteiger partial charge in [0.15, 0.2) is 0 Å². The lowest BCUT2D eigenvalue weighted by Gasteiger charge is -2.11. The van der Waals surface area contributed by atoms with E-state index in [9.17, 15) is 0 Å². The maximum absolute atomic E-state index is 5.85. The fraction of sp³-hybridized carbons (Fsp3) is 0.545. The van der Waals surface area contributed by atoms with Crippen LogP contribution in [0.25, 0.3) is 0 Å². The Bertz CT molecular complexity index is 329. The molecule has 0 aliphatic heterocycles. The SMILES string of the molecule is COCCOc1nc(C)cc(C)c1CCl. The number of pyridine rings is 1. The molecule has 1 aromatic rings. The molecule has 0 spiro atoms. The number of alkyl halides is 1. The van der Waals surface area contributed by atoms with Gasteiger partial charge in [0.25, 0.3) is 0 Å². The van der Waals surface area contributed by atoms with E-state index < -0.39 is 0 Å². The fourth-order valence-corrected chi connectivity index (χ4v) is 1.66. The third-order valence-corrected chi connectivity index (χ3v) is 2.36. The van der Waals surface area contributed by atoms with Crippen LogP contribution in [0.1, 0.15) is 16.8 Å². The molecule has 15 heavy (non-hydrogen) atoms. The van der Waals surface area contributed by atoms with E-state index in [0.29, 0.717) is 25.0 Å². The first-order valence-corrected chi connectivity index (χ1v) is 5.37. The third kappa shape index (κ3) is 3.36. The Balaban J connectivity index is 2.84. The van der Waals surface area contributed by atoms with Gasteiger partial charge in [0.05, 0.1) is 12.5 Å². The Morgan fingerprint density at radius 3 is 2.67 bits per heavy atom. The molecule has 0 atom stereocenters. The molecule has 0 saturated heterocycles. The van der Waals surface area contributed by atoms with Crippen LogP contribution in [0.5, 0.6) is 5.88 Å². The van der Waals surface area contributed by atoms with Crippen molar-refractivity contribution in [3.8, 4) is 5.88 Å². The lowest BCUT2D eigenvalue weighted by atomic mass is 10.1. The molecule has 0 amide bonds. The number of aromatic nitrogens is 1. The summed E-state index contributed by atoms with van der Waals surface area (Å²) in [5.41, 5.74) is 3.01. The van der Waals surface area contributed by atoms with Gasteiger partial charge < -0.3 is 9.47 Å². The van der Waals surface area contributed by atoms with Gasteiger partial charge >= 0.3 is 0 Å². The number of ether oxygens (including phenoxy) is 2. The van der Waals surface area contributed by atoms with Crippen molar-refractivity contribution in [3.05, 3.63) is 22.9 Å². The largest absolute Gasteiger partial charge is 0.475 e. The topological polar surface area (TPSA) is 31.4 Å². The zero-order valence-corrected chi connectivity index (χ0v) is 10.1. The summed E-state index contributed by atoms with van der Waals surface area (Å²) in [6, 6.07) is 2.00. The summed E-state index contributed by atoms with van der Waals surface area (Å²) >= 11 is 5.85. The van der Waals surface area contributed by atoms with Crippen LogP contribution in [0.15, 0.2) is 6.07 Å². The highest BCUT2D eigenvalue weighted by atomic mass is 35.5. The second-order valence-corrected chi connectivity index (χ2v) is 3.61. The lowest BCUT2D eigenvalue weighted by molar-refractivity contribution is 0.143. The van der Waals surface area contributed by atoms with Crippen molar-refractivity contribution >= 4 is 11.6 Å². The molecule has 1 heterocycles. The maximum atomic E-state index is 5.85. The Kier molecular flexibility index (Phi) is 4.85. The summed E-state index contributed by atoms with van der Waals surface area (Å²) in [6.45, 7) is 5.00. The molecule has 0 bridgehead atoms. The van der Waals surface area contributed by atoms with Gasteiger partial charge in [0.2, 0.25) is 5.88 Å². The predicted molar refractivity (Wildman–Crippen MR) is 60.6 cm³/mol. The molecule has 1 aromatic heterocycles. The number of nitrogens with zero attached hydrogens (tertiary/aromatic N) is 1. The Morgan fingerprint density at radius 2 is 2.07 bits per heavy atom. The molecule has 0 fully saturated rings. The summed E-state index contributed by atoms with van der Waals surface area (Å²) < 4.78 is 10.4. The number of methoxy groups -OCH3 is 1. The van der Waals surface area contributed by atoms with Gasteiger partial charge in [-0.2, -0.15) is 0 Å². The molecule has 84 valence electrons. The van der Waals surface area contributed by atoms with Crippen LogP contribution in [-0.4, -0.2) is 25.3 Å². The minimum Gasteiger partial charge on any atom is -0.475 e. The van der Waals surface area contributed by atoms with Crippen molar-refractivity contribution in [2.24, 2.45) is 0 Å². The van der Waals surface area contributed by atoms with Gasteiger partial charge in [0, 0.05) is 18.4 Å². The van der Waals surface area contributed by atoms with Crippen molar-refractivity contribution in [2.45, 2.75) is 19.7 Å². The van der Waals surface area contributed by atoms with Crippen LogP contribution in [0, 0.1) is 13.8 Å². The van der Waals surface area contributed by atoms with E-state index in [2.05, 4.69) is 4.98 Å². The smallest absolute Gasteiger partial charge is 0.218 e. The van der Waals surface area contributed by atoms with Crippen LogP contribution in [0.4, 0.5) is 0 Å². The number of halogens is 1. The predicted octanol–water partition coefficient (Wildman–Crippen LogP) is 2.46. The molecule has 0 unspecified atom stereocenters. The normalized spacial score (nSPS) is 10.4. The van der Waals surface area contributed by atoms with Crippen molar-refractivity contribution in [1.82, 2.24) is 4.98 Å². The molecule has 0 radical (unpaired) electrons. The van der Waals surface area contributed by atoms with Crippen LogP contribution < -0.4 is 4.74 Å².